The summed E-state index contributed by atoms with van der Waals surface area (Å²) in [5.41, 5.74) is 1.32. The monoisotopic (exact) mass is 274 g/mol. The largest absolute Gasteiger partial charge is 0.497 e. The summed E-state index contributed by atoms with van der Waals surface area (Å²) in [5.74, 6) is 1.46. The smallest absolute Gasteiger partial charge is 0.234 e. The van der Waals surface area contributed by atoms with Gasteiger partial charge >= 0.3 is 0 Å². The molecule has 1 fully saturated rings. The Morgan fingerprint density at radius 3 is 2.90 bits per heavy atom. The SMILES string of the molecule is C=CCNC(=O)CN1CC[C@@H](c2ccc(OC)cc2)C1. The molecule has 1 aromatic carbocycles. The van der Waals surface area contributed by atoms with Crippen molar-refractivity contribution in [3.05, 3.63) is 42.5 Å². The molecule has 0 unspecified atom stereocenters. The highest BCUT2D eigenvalue weighted by atomic mass is 16.5. The van der Waals surface area contributed by atoms with Crippen molar-refractivity contribution >= 4 is 5.91 Å². The number of methoxy groups -OCH3 is 1. The molecule has 1 N–H and O–H groups in total. The standard InChI is InChI=1S/C16H22N2O2/c1-3-9-17-16(19)12-18-10-8-14(11-18)13-4-6-15(20-2)7-5-13/h3-7,14H,1,8-12H2,2H3,(H,17,19)/t14-/m1/s1. The molecule has 4 nitrogen and oxygen atoms in total. The Morgan fingerprint density at radius 1 is 1.50 bits per heavy atom. The molecule has 1 atom stereocenters. The zero-order valence-electron chi connectivity index (χ0n) is 12.0. The Bertz CT molecular complexity index is 456. The molecule has 2 rings (SSSR count). The zero-order chi connectivity index (χ0) is 14.4. The van der Waals surface area contributed by atoms with E-state index in [0.717, 1.165) is 25.3 Å². The second kappa shape index (κ2) is 7.10. The van der Waals surface area contributed by atoms with Crippen molar-refractivity contribution in [3.63, 3.8) is 0 Å². The molecule has 1 aliphatic rings. The van der Waals surface area contributed by atoms with Crippen LogP contribution in [0.4, 0.5) is 0 Å². The summed E-state index contributed by atoms with van der Waals surface area (Å²) >= 11 is 0. The fraction of sp³-hybridized carbons (Fsp3) is 0.438. The van der Waals surface area contributed by atoms with E-state index in [1.165, 1.54) is 5.56 Å². The average Bonchev–Trinajstić information content (AvgIpc) is 2.93. The second-order valence-electron chi connectivity index (χ2n) is 5.09. The number of likely N-dealkylation sites (tertiary alicyclic amines) is 1. The van der Waals surface area contributed by atoms with E-state index in [1.54, 1.807) is 13.2 Å². The van der Waals surface area contributed by atoms with Crippen LogP contribution in [0.5, 0.6) is 5.75 Å². The lowest BCUT2D eigenvalue weighted by molar-refractivity contribution is -0.121. The van der Waals surface area contributed by atoms with E-state index in [2.05, 4.69) is 28.9 Å². The van der Waals surface area contributed by atoms with Gasteiger partial charge in [0, 0.05) is 13.1 Å². The van der Waals surface area contributed by atoms with Crippen molar-refractivity contribution in [1.82, 2.24) is 10.2 Å². The van der Waals surface area contributed by atoms with Crippen LogP contribution in [0.3, 0.4) is 0 Å². The highest BCUT2D eigenvalue weighted by molar-refractivity contribution is 5.78. The topological polar surface area (TPSA) is 41.6 Å². The van der Waals surface area contributed by atoms with Gasteiger partial charge in [0.05, 0.1) is 13.7 Å². The summed E-state index contributed by atoms with van der Waals surface area (Å²) < 4.78 is 5.17. The number of ether oxygens (including phenoxy) is 1. The third-order valence-corrected chi connectivity index (χ3v) is 3.67. The molecule has 1 aliphatic heterocycles. The van der Waals surface area contributed by atoms with Crippen LogP contribution in [0.25, 0.3) is 0 Å². The molecule has 4 heteroatoms. The number of carbonyl (C=O) groups excluding carboxylic acids is 1. The van der Waals surface area contributed by atoms with E-state index in [0.29, 0.717) is 19.0 Å². The van der Waals surface area contributed by atoms with Crippen LogP contribution in [-0.4, -0.2) is 44.1 Å². The first-order valence-corrected chi connectivity index (χ1v) is 6.97. The van der Waals surface area contributed by atoms with E-state index >= 15 is 0 Å². The summed E-state index contributed by atoms with van der Waals surface area (Å²) in [6, 6.07) is 8.22. The van der Waals surface area contributed by atoms with Crippen LogP contribution in [0, 0.1) is 0 Å². The number of nitrogens with one attached hydrogen (secondary N) is 1. The highest BCUT2D eigenvalue weighted by Crippen LogP contribution is 2.28. The van der Waals surface area contributed by atoms with Crippen molar-refractivity contribution in [1.29, 1.82) is 0 Å². The fourth-order valence-electron chi connectivity index (χ4n) is 2.57. The lowest BCUT2D eigenvalue weighted by atomic mass is 9.98. The number of carbonyl (C=O) groups is 1. The van der Waals surface area contributed by atoms with Crippen LogP contribution in [-0.2, 0) is 4.79 Å². The Hall–Kier alpha value is -1.81. The Morgan fingerprint density at radius 2 is 2.25 bits per heavy atom. The molecular formula is C16H22N2O2. The molecule has 20 heavy (non-hydrogen) atoms. The summed E-state index contributed by atoms with van der Waals surface area (Å²) in [5, 5.41) is 2.81. The van der Waals surface area contributed by atoms with Gasteiger partial charge in [-0.05, 0) is 36.6 Å². The molecule has 0 aromatic heterocycles. The zero-order valence-corrected chi connectivity index (χ0v) is 12.0. The first kappa shape index (κ1) is 14.6. The average molecular weight is 274 g/mol. The first-order valence-electron chi connectivity index (χ1n) is 6.97. The predicted molar refractivity (Wildman–Crippen MR) is 80.0 cm³/mol. The van der Waals surface area contributed by atoms with Crippen molar-refractivity contribution in [2.24, 2.45) is 0 Å². The second-order valence-corrected chi connectivity index (χ2v) is 5.09. The van der Waals surface area contributed by atoms with Crippen LogP contribution in [0.2, 0.25) is 0 Å². The van der Waals surface area contributed by atoms with Gasteiger partial charge in [-0.2, -0.15) is 0 Å². The minimum Gasteiger partial charge on any atom is -0.497 e. The minimum atomic E-state index is 0.0697. The van der Waals surface area contributed by atoms with Gasteiger partial charge in [0.15, 0.2) is 0 Å². The van der Waals surface area contributed by atoms with Gasteiger partial charge < -0.3 is 10.1 Å². The molecule has 1 amide bonds. The molecular weight excluding hydrogens is 252 g/mol. The minimum absolute atomic E-state index is 0.0697. The molecule has 0 saturated carbocycles. The Balaban J connectivity index is 1.85. The van der Waals surface area contributed by atoms with E-state index in [9.17, 15) is 4.79 Å². The van der Waals surface area contributed by atoms with Gasteiger partial charge in [-0.1, -0.05) is 18.2 Å². The van der Waals surface area contributed by atoms with Crippen LogP contribution < -0.4 is 10.1 Å². The van der Waals surface area contributed by atoms with Gasteiger partial charge in [0.25, 0.3) is 0 Å². The Labute approximate surface area is 120 Å². The van der Waals surface area contributed by atoms with E-state index in [1.807, 2.05) is 12.1 Å². The van der Waals surface area contributed by atoms with Gasteiger partial charge in [0.1, 0.15) is 5.75 Å². The number of hydrogen-bond acceptors (Lipinski definition) is 3. The third kappa shape index (κ3) is 3.84. The molecule has 1 aromatic rings. The van der Waals surface area contributed by atoms with E-state index in [-0.39, 0.29) is 5.91 Å². The quantitative estimate of drug-likeness (QED) is 0.804. The molecule has 0 bridgehead atoms. The fourth-order valence-corrected chi connectivity index (χ4v) is 2.57. The van der Waals surface area contributed by atoms with E-state index < -0.39 is 0 Å². The van der Waals surface area contributed by atoms with Gasteiger partial charge in [0.2, 0.25) is 5.91 Å². The summed E-state index contributed by atoms with van der Waals surface area (Å²) in [6.07, 6.45) is 2.79. The maximum absolute atomic E-state index is 11.7. The third-order valence-electron chi connectivity index (χ3n) is 3.67. The molecule has 1 heterocycles. The van der Waals surface area contributed by atoms with Gasteiger partial charge in [-0.15, -0.1) is 6.58 Å². The molecule has 108 valence electrons. The molecule has 0 spiro atoms. The number of amides is 1. The number of benzene rings is 1. The molecule has 1 saturated heterocycles. The number of hydrogen-bond donors (Lipinski definition) is 1. The first-order chi connectivity index (χ1) is 9.72. The van der Waals surface area contributed by atoms with Crippen molar-refractivity contribution in [2.45, 2.75) is 12.3 Å². The van der Waals surface area contributed by atoms with Crippen LogP contribution >= 0.6 is 0 Å². The lowest BCUT2D eigenvalue weighted by Gasteiger charge is -2.15. The lowest BCUT2D eigenvalue weighted by Crippen LogP contribution is -2.36. The predicted octanol–water partition coefficient (Wildman–Crippen LogP) is 1.79. The highest BCUT2D eigenvalue weighted by Gasteiger charge is 2.24. The summed E-state index contributed by atoms with van der Waals surface area (Å²) in [7, 11) is 1.67. The normalized spacial score (nSPS) is 18.8. The number of rotatable bonds is 6. The van der Waals surface area contributed by atoms with Crippen molar-refractivity contribution in [3.8, 4) is 5.75 Å². The van der Waals surface area contributed by atoms with Crippen molar-refractivity contribution < 1.29 is 9.53 Å². The summed E-state index contributed by atoms with van der Waals surface area (Å²) in [6.45, 7) is 6.51. The van der Waals surface area contributed by atoms with Gasteiger partial charge in [-0.25, -0.2) is 0 Å². The maximum atomic E-state index is 11.7. The van der Waals surface area contributed by atoms with Crippen LogP contribution in [0.15, 0.2) is 36.9 Å². The summed E-state index contributed by atoms with van der Waals surface area (Å²) in [4.78, 5) is 13.9. The van der Waals surface area contributed by atoms with E-state index in [4.69, 9.17) is 4.74 Å². The Kier molecular flexibility index (Phi) is 5.18. The maximum Gasteiger partial charge on any atom is 0.234 e. The molecule has 0 aliphatic carbocycles. The van der Waals surface area contributed by atoms with Crippen molar-refractivity contribution in [2.75, 3.05) is 33.3 Å². The number of nitrogens with zero attached hydrogens (tertiary/aromatic N) is 1. The van der Waals surface area contributed by atoms with Crippen LogP contribution in [0.1, 0.15) is 17.9 Å². The molecule has 0 radical (unpaired) electrons. The van der Waals surface area contributed by atoms with Gasteiger partial charge in [-0.3, -0.25) is 9.69 Å².